The minimum atomic E-state index is -0.255. The number of ether oxygens (including phenoxy) is 1. The largest absolute Gasteiger partial charge is 0.504 e. The number of benzene rings is 1. The van der Waals surface area contributed by atoms with E-state index in [0.29, 0.717) is 5.75 Å². The molecule has 0 saturated heterocycles. The molecule has 1 aromatic carbocycles. The lowest BCUT2D eigenvalue weighted by molar-refractivity contribution is -0.0220. The van der Waals surface area contributed by atoms with Gasteiger partial charge in [0.25, 0.3) is 0 Å². The Bertz CT molecular complexity index is 402. The molecule has 2 N–H and O–H groups in total. The Morgan fingerprint density at radius 2 is 2.12 bits per heavy atom. The zero-order valence-electron chi connectivity index (χ0n) is 9.10. The van der Waals surface area contributed by atoms with Crippen molar-refractivity contribution in [3.63, 3.8) is 0 Å². The van der Waals surface area contributed by atoms with Crippen LogP contribution in [0.15, 0.2) is 18.2 Å². The number of aromatic hydroxyl groups is 1. The first-order valence-corrected chi connectivity index (χ1v) is 5.91. The van der Waals surface area contributed by atoms with Gasteiger partial charge in [0, 0.05) is 5.92 Å². The lowest BCUT2D eigenvalue weighted by Gasteiger charge is -2.39. The van der Waals surface area contributed by atoms with Crippen molar-refractivity contribution in [3.8, 4) is 11.5 Å². The van der Waals surface area contributed by atoms with Crippen molar-refractivity contribution in [2.45, 2.75) is 37.9 Å². The van der Waals surface area contributed by atoms with E-state index in [1.165, 1.54) is 0 Å². The third-order valence-electron chi connectivity index (χ3n) is 3.76. The van der Waals surface area contributed by atoms with Crippen LogP contribution in [0.4, 0.5) is 0 Å². The SMILES string of the molecule is Oc1cccc2c1O[C@@H]1CCC[C@H](O)[C@@H]1C2. The maximum atomic E-state index is 9.96. The molecule has 3 atom stereocenters. The molecule has 2 aliphatic rings. The zero-order valence-corrected chi connectivity index (χ0v) is 9.10. The van der Waals surface area contributed by atoms with Crippen LogP contribution >= 0.6 is 0 Å². The summed E-state index contributed by atoms with van der Waals surface area (Å²) in [5.74, 6) is 1.04. The fourth-order valence-corrected chi connectivity index (χ4v) is 2.89. The van der Waals surface area contributed by atoms with Crippen LogP contribution in [-0.4, -0.2) is 22.4 Å². The number of phenolic OH excluding ortho intramolecular Hbond substituents is 1. The van der Waals surface area contributed by atoms with Gasteiger partial charge >= 0.3 is 0 Å². The monoisotopic (exact) mass is 220 g/mol. The molecule has 0 spiro atoms. The van der Waals surface area contributed by atoms with E-state index in [4.69, 9.17) is 4.74 Å². The van der Waals surface area contributed by atoms with Crippen LogP contribution in [0.25, 0.3) is 0 Å². The van der Waals surface area contributed by atoms with Gasteiger partial charge in [-0.25, -0.2) is 0 Å². The first-order valence-electron chi connectivity index (χ1n) is 5.91. The Hall–Kier alpha value is -1.22. The summed E-state index contributed by atoms with van der Waals surface area (Å²) in [7, 11) is 0. The summed E-state index contributed by atoms with van der Waals surface area (Å²) in [6.07, 6.45) is 3.49. The Kier molecular flexibility index (Phi) is 2.28. The van der Waals surface area contributed by atoms with Crippen molar-refractivity contribution in [2.75, 3.05) is 0 Å². The highest BCUT2D eigenvalue weighted by Gasteiger charge is 2.38. The second kappa shape index (κ2) is 3.67. The van der Waals surface area contributed by atoms with Crippen molar-refractivity contribution in [2.24, 2.45) is 5.92 Å². The van der Waals surface area contributed by atoms with E-state index in [2.05, 4.69) is 0 Å². The molecule has 86 valence electrons. The molecule has 1 saturated carbocycles. The van der Waals surface area contributed by atoms with Gasteiger partial charge < -0.3 is 14.9 Å². The molecule has 0 amide bonds. The molecule has 16 heavy (non-hydrogen) atoms. The summed E-state index contributed by atoms with van der Waals surface area (Å²) in [6.45, 7) is 0. The molecule has 1 fully saturated rings. The molecule has 0 aromatic heterocycles. The number of hydrogen-bond acceptors (Lipinski definition) is 3. The first kappa shape index (κ1) is 9.97. The number of para-hydroxylation sites is 1. The number of phenols is 1. The third-order valence-corrected chi connectivity index (χ3v) is 3.76. The standard InChI is InChI=1S/C13H16O3/c14-10-4-2-6-12-9(10)7-8-3-1-5-11(15)13(8)16-12/h1,3,5,9-10,12,14-15H,2,4,6-7H2/t9-,10-,12+/m0/s1. The van der Waals surface area contributed by atoms with E-state index in [0.717, 1.165) is 31.2 Å². The van der Waals surface area contributed by atoms with Gasteiger partial charge in [-0.1, -0.05) is 12.1 Å². The topological polar surface area (TPSA) is 49.7 Å². The van der Waals surface area contributed by atoms with Crippen LogP contribution in [0.2, 0.25) is 0 Å². The van der Waals surface area contributed by atoms with E-state index in [9.17, 15) is 10.2 Å². The summed E-state index contributed by atoms with van der Waals surface area (Å²) in [5.41, 5.74) is 1.02. The van der Waals surface area contributed by atoms with Crippen LogP contribution in [0.1, 0.15) is 24.8 Å². The first-order chi connectivity index (χ1) is 7.75. The van der Waals surface area contributed by atoms with Gasteiger partial charge in [0.05, 0.1) is 6.10 Å². The minimum Gasteiger partial charge on any atom is -0.504 e. The second-order valence-corrected chi connectivity index (χ2v) is 4.79. The molecule has 3 heteroatoms. The van der Waals surface area contributed by atoms with Crippen molar-refractivity contribution in [3.05, 3.63) is 23.8 Å². The zero-order chi connectivity index (χ0) is 11.1. The van der Waals surface area contributed by atoms with Crippen molar-refractivity contribution < 1.29 is 14.9 Å². The Labute approximate surface area is 94.7 Å². The van der Waals surface area contributed by atoms with Crippen LogP contribution in [-0.2, 0) is 6.42 Å². The quantitative estimate of drug-likeness (QED) is 0.701. The molecule has 0 bridgehead atoms. The predicted molar refractivity (Wildman–Crippen MR) is 59.6 cm³/mol. The van der Waals surface area contributed by atoms with Gasteiger partial charge in [0.2, 0.25) is 0 Å². The second-order valence-electron chi connectivity index (χ2n) is 4.79. The summed E-state index contributed by atoms with van der Waals surface area (Å²) in [5, 5.41) is 19.7. The van der Waals surface area contributed by atoms with E-state index in [1.54, 1.807) is 6.07 Å². The lowest BCUT2D eigenvalue weighted by atomic mass is 9.78. The molecule has 1 aromatic rings. The van der Waals surface area contributed by atoms with Crippen molar-refractivity contribution in [1.82, 2.24) is 0 Å². The van der Waals surface area contributed by atoms with Crippen LogP contribution in [0, 0.1) is 5.92 Å². The number of hydrogen-bond donors (Lipinski definition) is 2. The van der Waals surface area contributed by atoms with Crippen molar-refractivity contribution in [1.29, 1.82) is 0 Å². The smallest absolute Gasteiger partial charge is 0.164 e. The fraction of sp³-hybridized carbons (Fsp3) is 0.538. The van der Waals surface area contributed by atoms with Gasteiger partial charge in [-0.2, -0.15) is 0 Å². The van der Waals surface area contributed by atoms with Gasteiger partial charge in [-0.05, 0) is 37.3 Å². The lowest BCUT2D eigenvalue weighted by Crippen LogP contribution is -2.43. The minimum absolute atomic E-state index is 0.0737. The summed E-state index contributed by atoms with van der Waals surface area (Å²) >= 11 is 0. The summed E-state index contributed by atoms with van der Waals surface area (Å²) < 4.78 is 5.83. The van der Waals surface area contributed by atoms with Crippen molar-refractivity contribution >= 4 is 0 Å². The Morgan fingerprint density at radius 3 is 3.00 bits per heavy atom. The maximum Gasteiger partial charge on any atom is 0.164 e. The maximum absolute atomic E-state index is 9.96. The predicted octanol–water partition coefficient (Wildman–Crippen LogP) is 1.86. The highest BCUT2D eigenvalue weighted by molar-refractivity contribution is 5.47. The molecule has 0 radical (unpaired) electrons. The van der Waals surface area contributed by atoms with Crippen LogP contribution in [0.3, 0.4) is 0 Å². The molecular formula is C13H16O3. The molecule has 1 aliphatic carbocycles. The number of fused-ring (bicyclic) bond motifs is 2. The highest BCUT2D eigenvalue weighted by Crippen LogP contribution is 2.42. The number of rotatable bonds is 0. The van der Waals surface area contributed by atoms with E-state index < -0.39 is 0 Å². The molecular weight excluding hydrogens is 204 g/mol. The van der Waals surface area contributed by atoms with Gasteiger partial charge in [-0.15, -0.1) is 0 Å². The molecule has 0 unspecified atom stereocenters. The normalized spacial score (nSPS) is 32.4. The Balaban J connectivity index is 1.96. The van der Waals surface area contributed by atoms with E-state index in [-0.39, 0.29) is 23.9 Å². The van der Waals surface area contributed by atoms with E-state index >= 15 is 0 Å². The van der Waals surface area contributed by atoms with Gasteiger partial charge in [-0.3, -0.25) is 0 Å². The third kappa shape index (κ3) is 1.47. The molecule has 3 nitrogen and oxygen atoms in total. The summed E-state index contributed by atoms with van der Waals surface area (Å²) in [4.78, 5) is 0. The highest BCUT2D eigenvalue weighted by atomic mass is 16.5. The molecule has 1 heterocycles. The van der Waals surface area contributed by atoms with Crippen LogP contribution < -0.4 is 4.74 Å². The average Bonchev–Trinajstić information content (AvgIpc) is 2.29. The molecule has 3 rings (SSSR count). The average molecular weight is 220 g/mol. The Morgan fingerprint density at radius 1 is 1.25 bits per heavy atom. The van der Waals surface area contributed by atoms with Gasteiger partial charge in [0.15, 0.2) is 11.5 Å². The molecule has 1 aliphatic heterocycles. The summed E-state index contributed by atoms with van der Waals surface area (Å²) in [6, 6.07) is 5.44. The van der Waals surface area contributed by atoms with Gasteiger partial charge in [0.1, 0.15) is 6.10 Å². The number of aliphatic hydroxyl groups excluding tert-OH is 1. The number of aliphatic hydroxyl groups is 1. The van der Waals surface area contributed by atoms with E-state index in [1.807, 2.05) is 12.1 Å². The van der Waals surface area contributed by atoms with Crippen LogP contribution in [0.5, 0.6) is 11.5 Å². The fourth-order valence-electron chi connectivity index (χ4n) is 2.89.